The summed E-state index contributed by atoms with van der Waals surface area (Å²) in [5.74, 6) is -0.142. The van der Waals surface area contributed by atoms with Crippen LogP contribution in [0.3, 0.4) is 0 Å². The van der Waals surface area contributed by atoms with Crippen molar-refractivity contribution in [2.45, 2.75) is 12.0 Å². The highest BCUT2D eigenvalue weighted by Gasteiger charge is 2.37. The number of amides is 1. The van der Waals surface area contributed by atoms with Crippen molar-refractivity contribution in [1.82, 2.24) is 14.7 Å². The Morgan fingerprint density at radius 3 is 2.61 bits per heavy atom. The van der Waals surface area contributed by atoms with Crippen LogP contribution < -0.4 is 0 Å². The molecule has 1 fully saturated rings. The zero-order chi connectivity index (χ0) is 19.7. The van der Waals surface area contributed by atoms with Gasteiger partial charge in [0.15, 0.2) is 0 Å². The van der Waals surface area contributed by atoms with Crippen LogP contribution in [0.15, 0.2) is 60.8 Å². The number of carbonyl (C=O) groups excluding carboxylic acids is 1. The van der Waals surface area contributed by atoms with Crippen LogP contribution in [-0.2, 0) is 7.05 Å². The third-order valence-electron chi connectivity index (χ3n) is 5.21. The fourth-order valence-electron chi connectivity index (χ4n) is 3.67. The Bertz CT molecular complexity index is 999. The van der Waals surface area contributed by atoms with Crippen LogP contribution >= 0.6 is 0 Å². The van der Waals surface area contributed by atoms with Crippen molar-refractivity contribution >= 4 is 5.91 Å². The smallest absolute Gasteiger partial charge is 0.253 e. The lowest BCUT2D eigenvalue weighted by molar-refractivity contribution is -0.00455. The van der Waals surface area contributed by atoms with Crippen LogP contribution in [0.2, 0.25) is 0 Å². The molecule has 1 saturated heterocycles. The molecule has 2 heterocycles. The second kappa shape index (κ2) is 7.22. The van der Waals surface area contributed by atoms with Crippen molar-refractivity contribution in [2.24, 2.45) is 7.05 Å². The van der Waals surface area contributed by atoms with E-state index in [2.05, 4.69) is 5.10 Å². The van der Waals surface area contributed by atoms with E-state index >= 15 is 0 Å². The molecule has 2 aromatic carbocycles. The molecule has 0 saturated carbocycles. The molecule has 1 atom stereocenters. The predicted molar refractivity (Wildman–Crippen MR) is 107 cm³/mol. The van der Waals surface area contributed by atoms with Crippen molar-refractivity contribution in [2.75, 3.05) is 19.7 Å². The Morgan fingerprint density at radius 2 is 1.89 bits per heavy atom. The Kier molecular flexibility index (Phi) is 4.75. The molecule has 1 amide bonds. The summed E-state index contributed by atoms with van der Waals surface area (Å²) in [5.41, 5.74) is 3.11. The van der Waals surface area contributed by atoms with E-state index in [1.807, 2.05) is 61.8 Å². The summed E-state index contributed by atoms with van der Waals surface area (Å²) >= 11 is 0. The van der Waals surface area contributed by atoms with Crippen molar-refractivity contribution in [3.05, 3.63) is 66.4 Å². The summed E-state index contributed by atoms with van der Waals surface area (Å²) in [6, 6.07) is 17.4. The minimum absolute atomic E-state index is 0.142. The Hall–Kier alpha value is -2.96. The van der Waals surface area contributed by atoms with Gasteiger partial charge in [0.1, 0.15) is 11.3 Å². The van der Waals surface area contributed by atoms with Crippen LogP contribution in [0.5, 0.6) is 0 Å². The number of aryl methyl sites for hydroxylation is 1. The number of hydrogen-bond donors (Lipinski definition) is 2. The molecule has 0 aliphatic carbocycles. The van der Waals surface area contributed by atoms with Gasteiger partial charge in [-0.15, -0.1) is 0 Å². The molecular weight excluding hydrogens is 354 g/mol. The van der Waals surface area contributed by atoms with Crippen LogP contribution in [0, 0.1) is 0 Å². The Balaban J connectivity index is 1.66. The van der Waals surface area contributed by atoms with Gasteiger partial charge in [-0.25, -0.2) is 0 Å². The van der Waals surface area contributed by atoms with Gasteiger partial charge >= 0.3 is 0 Å². The maximum Gasteiger partial charge on any atom is 0.253 e. The van der Waals surface area contributed by atoms with Gasteiger partial charge < -0.3 is 15.1 Å². The first-order valence-electron chi connectivity index (χ1n) is 9.31. The summed E-state index contributed by atoms with van der Waals surface area (Å²) in [6.07, 6.45) is 2.34. The first-order valence-corrected chi connectivity index (χ1v) is 9.31. The lowest BCUT2D eigenvalue weighted by Crippen LogP contribution is -2.38. The van der Waals surface area contributed by atoms with Crippen LogP contribution in [0.25, 0.3) is 22.4 Å². The molecule has 0 spiro atoms. The van der Waals surface area contributed by atoms with E-state index in [1.165, 1.54) is 0 Å². The molecule has 1 aromatic heterocycles. The lowest BCUT2D eigenvalue weighted by atomic mass is 10.00. The monoisotopic (exact) mass is 377 g/mol. The number of likely N-dealkylation sites (tertiary alicyclic amines) is 1. The highest BCUT2D eigenvalue weighted by molar-refractivity contribution is 5.96. The molecular formula is C22H23N3O3. The van der Waals surface area contributed by atoms with Crippen molar-refractivity contribution < 1.29 is 15.0 Å². The molecule has 6 heteroatoms. The SMILES string of the molecule is Cn1cc(-c2cccc(C(=O)N3CC[C@@](O)(CO)C3)c2)c(-c2ccccc2)n1. The van der Waals surface area contributed by atoms with Crippen LogP contribution in [0.1, 0.15) is 16.8 Å². The summed E-state index contributed by atoms with van der Waals surface area (Å²) in [5, 5.41) is 24.1. The fourth-order valence-corrected chi connectivity index (χ4v) is 3.67. The highest BCUT2D eigenvalue weighted by Crippen LogP contribution is 2.32. The standard InChI is InChI=1S/C22H23N3O3/c1-24-13-19(20(23-24)16-6-3-2-4-7-16)17-8-5-9-18(12-17)21(27)25-11-10-22(28,14-25)15-26/h2-9,12-13,26,28H,10-11,14-15H2,1H3/t22-/m0/s1. The number of rotatable bonds is 4. The molecule has 0 radical (unpaired) electrons. The van der Waals surface area contributed by atoms with Gasteiger partial charge in [0.25, 0.3) is 5.91 Å². The molecule has 4 rings (SSSR count). The number of hydrogen-bond acceptors (Lipinski definition) is 4. The number of aliphatic hydroxyl groups excluding tert-OH is 1. The van der Waals surface area contributed by atoms with Gasteiger partial charge in [0, 0.05) is 36.5 Å². The second-order valence-electron chi connectivity index (χ2n) is 7.37. The minimum Gasteiger partial charge on any atom is -0.393 e. The number of carbonyl (C=O) groups is 1. The fraction of sp³-hybridized carbons (Fsp3) is 0.273. The molecule has 3 aromatic rings. The van der Waals surface area contributed by atoms with E-state index in [9.17, 15) is 15.0 Å². The molecule has 1 aliphatic heterocycles. The topological polar surface area (TPSA) is 78.6 Å². The van der Waals surface area contributed by atoms with Crippen LogP contribution in [0.4, 0.5) is 0 Å². The van der Waals surface area contributed by atoms with Crippen molar-refractivity contribution in [3.8, 4) is 22.4 Å². The highest BCUT2D eigenvalue weighted by atomic mass is 16.3. The average molecular weight is 377 g/mol. The van der Waals surface area contributed by atoms with Gasteiger partial charge in [0.2, 0.25) is 0 Å². The summed E-state index contributed by atoms with van der Waals surface area (Å²) in [4.78, 5) is 14.5. The van der Waals surface area contributed by atoms with Gasteiger partial charge in [-0.3, -0.25) is 9.48 Å². The molecule has 28 heavy (non-hydrogen) atoms. The van der Waals surface area contributed by atoms with E-state index in [4.69, 9.17) is 0 Å². The Morgan fingerprint density at radius 1 is 1.14 bits per heavy atom. The van der Waals surface area contributed by atoms with Gasteiger partial charge in [-0.2, -0.15) is 5.10 Å². The predicted octanol–water partition coefficient (Wildman–Crippen LogP) is 2.32. The maximum absolute atomic E-state index is 12.9. The number of benzene rings is 2. The lowest BCUT2D eigenvalue weighted by Gasteiger charge is -2.21. The van der Waals surface area contributed by atoms with Crippen molar-refractivity contribution in [3.63, 3.8) is 0 Å². The van der Waals surface area contributed by atoms with Gasteiger partial charge in [0.05, 0.1) is 13.2 Å². The first kappa shape index (κ1) is 18.4. The molecule has 1 aliphatic rings. The zero-order valence-corrected chi connectivity index (χ0v) is 15.7. The zero-order valence-electron chi connectivity index (χ0n) is 15.7. The minimum atomic E-state index is -1.20. The van der Waals surface area contributed by atoms with E-state index in [-0.39, 0.29) is 19.1 Å². The number of aromatic nitrogens is 2. The van der Waals surface area contributed by atoms with Gasteiger partial charge in [-0.05, 0) is 24.1 Å². The molecule has 144 valence electrons. The third kappa shape index (κ3) is 3.44. The van der Waals surface area contributed by atoms with E-state index in [1.54, 1.807) is 15.6 Å². The van der Waals surface area contributed by atoms with Crippen LogP contribution in [-0.4, -0.2) is 56.1 Å². The van der Waals surface area contributed by atoms with Crippen molar-refractivity contribution in [1.29, 1.82) is 0 Å². The Labute approximate surface area is 163 Å². The number of β-amino-alcohol motifs (C(OH)–C–C–N with tert-alkyl or cyclic N) is 1. The molecule has 0 unspecified atom stereocenters. The summed E-state index contributed by atoms with van der Waals surface area (Å²) in [7, 11) is 1.88. The quantitative estimate of drug-likeness (QED) is 0.731. The summed E-state index contributed by atoms with van der Waals surface area (Å²) < 4.78 is 1.77. The number of nitrogens with zero attached hydrogens (tertiary/aromatic N) is 3. The number of aliphatic hydroxyl groups is 2. The molecule has 2 N–H and O–H groups in total. The normalized spacial score (nSPS) is 19.2. The molecule has 6 nitrogen and oxygen atoms in total. The first-order chi connectivity index (χ1) is 13.5. The second-order valence-corrected chi connectivity index (χ2v) is 7.37. The van der Waals surface area contributed by atoms with E-state index < -0.39 is 5.60 Å². The van der Waals surface area contributed by atoms with E-state index in [0.29, 0.717) is 18.5 Å². The van der Waals surface area contributed by atoms with E-state index in [0.717, 1.165) is 22.4 Å². The molecule has 0 bridgehead atoms. The van der Waals surface area contributed by atoms with Gasteiger partial charge in [-0.1, -0.05) is 42.5 Å². The third-order valence-corrected chi connectivity index (χ3v) is 5.21. The maximum atomic E-state index is 12.9. The average Bonchev–Trinajstić information content (AvgIpc) is 3.32. The summed E-state index contributed by atoms with van der Waals surface area (Å²) in [6.45, 7) is 0.240. The largest absolute Gasteiger partial charge is 0.393 e.